The van der Waals surface area contributed by atoms with Crippen molar-refractivity contribution in [3.8, 4) is 0 Å². The molecule has 1 heterocycles. The van der Waals surface area contributed by atoms with Crippen LogP contribution in [0.3, 0.4) is 0 Å². The average molecular weight is 273 g/mol. The molecule has 0 radical (unpaired) electrons. The Morgan fingerprint density at radius 3 is 2.74 bits per heavy atom. The molecule has 0 aliphatic rings. The number of rotatable bonds is 5. The van der Waals surface area contributed by atoms with Gasteiger partial charge in [0.1, 0.15) is 0 Å². The number of hydrogen-bond donors (Lipinski definition) is 2. The van der Waals surface area contributed by atoms with Crippen molar-refractivity contribution in [2.45, 2.75) is 13.3 Å². The predicted molar refractivity (Wildman–Crippen MR) is 83.7 cm³/mol. The first-order chi connectivity index (χ1) is 9.24. The van der Waals surface area contributed by atoms with Crippen molar-refractivity contribution in [3.63, 3.8) is 0 Å². The second kappa shape index (κ2) is 6.95. The van der Waals surface area contributed by atoms with Gasteiger partial charge in [-0.1, -0.05) is 31.2 Å². The molecule has 1 atom stereocenters. The second-order valence-corrected chi connectivity index (χ2v) is 5.64. The van der Waals surface area contributed by atoms with Crippen LogP contribution in [0.1, 0.15) is 11.8 Å². The molecule has 0 spiro atoms. The van der Waals surface area contributed by atoms with Crippen molar-refractivity contribution in [3.05, 3.63) is 52.7 Å². The molecule has 2 rings (SSSR count). The van der Waals surface area contributed by atoms with Gasteiger partial charge in [-0.3, -0.25) is 4.99 Å². The van der Waals surface area contributed by atoms with Crippen molar-refractivity contribution >= 4 is 23.0 Å². The van der Waals surface area contributed by atoms with Crippen LogP contribution in [0.5, 0.6) is 0 Å². The summed E-state index contributed by atoms with van der Waals surface area (Å²) in [5.74, 6) is 0.971. The fourth-order valence-corrected chi connectivity index (χ4v) is 2.67. The number of nitrogens with two attached hydrogens (primary N) is 1. The highest BCUT2D eigenvalue weighted by Gasteiger charge is 2.04. The minimum absolute atomic E-state index is 0.476. The highest BCUT2D eigenvalue weighted by Crippen LogP contribution is 2.14. The molecule has 0 aliphatic carbocycles. The van der Waals surface area contributed by atoms with Crippen LogP contribution < -0.4 is 11.1 Å². The standard InChI is InChI=1S/C15H19N3S/c1-12(10-14-8-5-9-19-14)11-17-15(16)18-13-6-3-2-4-7-13/h2-9,12H,10-11H2,1H3,(H3,16,17,18). The molecule has 0 aliphatic heterocycles. The highest BCUT2D eigenvalue weighted by atomic mass is 32.1. The third-order valence-electron chi connectivity index (χ3n) is 2.75. The van der Waals surface area contributed by atoms with E-state index >= 15 is 0 Å². The number of nitrogens with zero attached hydrogens (tertiary/aromatic N) is 1. The predicted octanol–water partition coefficient (Wildman–Crippen LogP) is 3.35. The SMILES string of the molecule is CC(CN=C(N)Nc1ccccc1)Cc1cccs1. The lowest BCUT2D eigenvalue weighted by molar-refractivity contribution is 0.599. The Hall–Kier alpha value is -1.81. The minimum Gasteiger partial charge on any atom is -0.370 e. The maximum Gasteiger partial charge on any atom is 0.193 e. The topological polar surface area (TPSA) is 50.4 Å². The molecular formula is C15H19N3S. The lowest BCUT2D eigenvalue weighted by atomic mass is 10.1. The van der Waals surface area contributed by atoms with E-state index in [1.165, 1.54) is 4.88 Å². The number of benzene rings is 1. The molecule has 1 aromatic carbocycles. The van der Waals surface area contributed by atoms with Gasteiger partial charge in [0, 0.05) is 17.1 Å². The van der Waals surface area contributed by atoms with Gasteiger partial charge in [0.2, 0.25) is 0 Å². The molecule has 4 heteroatoms. The van der Waals surface area contributed by atoms with E-state index in [1.54, 1.807) is 11.3 Å². The van der Waals surface area contributed by atoms with Crippen molar-refractivity contribution < 1.29 is 0 Å². The Kier molecular flexibility index (Phi) is 4.98. The monoisotopic (exact) mass is 273 g/mol. The Morgan fingerprint density at radius 1 is 1.26 bits per heavy atom. The van der Waals surface area contributed by atoms with Crippen molar-refractivity contribution in [1.82, 2.24) is 0 Å². The van der Waals surface area contributed by atoms with Gasteiger partial charge in [0.15, 0.2) is 5.96 Å². The van der Waals surface area contributed by atoms with Crippen molar-refractivity contribution in [1.29, 1.82) is 0 Å². The van der Waals surface area contributed by atoms with E-state index in [2.05, 4.69) is 34.7 Å². The molecule has 0 amide bonds. The molecule has 2 aromatic rings. The number of para-hydroxylation sites is 1. The largest absolute Gasteiger partial charge is 0.370 e. The lowest BCUT2D eigenvalue weighted by Crippen LogP contribution is -2.23. The highest BCUT2D eigenvalue weighted by molar-refractivity contribution is 7.09. The zero-order valence-corrected chi connectivity index (χ0v) is 11.9. The van der Waals surface area contributed by atoms with Crippen LogP contribution in [0, 0.1) is 5.92 Å². The van der Waals surface area contributed by atoms with Crippen LogP contribution in [0.15, 0.2) is 52.8 Å². The summed E-state index contributed by atoms with van der Waals surface area (Å²) in [4.78, 5) is 5.79. The van der Waals surface area contributed by atoms with Crippen LogP contribution in [-0.2, 0) is 6.42 Å². The molecule has 1 unspecified atom stereocenters. The van der Waals surface area contributed by atoms with Gasteiger partial charge in [-0.25, -0.2) is 0 Å². The van der Waals surface area contributed by atoms with E-state index in [0.29, 0.717) is 11.9 Å². The summed E-state index contributed by atoms with van der Waals surface area (Å²) in [6.45, 7) is 2.93. The maximum absolute atomic E-state index is 5.87. The Morgan fingerprint density at radius 2 is 2.05 bits per heavy atom. The normalized spacial score (nSPS) is 13.2. The van der Waals surface area contributed by atoms with Crippen LogP contribution in [-0.4, -0.2) is 12.5 Å². The summed E-state index contributed by atoms with van der Waals surface area (Å²) in [6.07, 6.45) is 1.06. The summed E-state index contributed by atoms with van der Waals surface area (Å²) in [6, 6.07) is 14.1. The molecular weight excluding hydrogens is 254 g/mol. The Bertz CT molecular complexity index is 505. The quantitative estimate of drug-likeness (QED) is 0.648. The fourth-order valence-electron chi connectivity index (χ4n) is 1.80. The smallest absolute Gasteiger partial charge is 0.193 e. The van der Waals surface area contributed by atoms with Crippen LogP contribution in [0.25, 0.3) is 0 Å². The number of nitrogens with one attached hydrogen (secondary N) is 1. The summed E-state index contributed by atoms with van der Waals surface area (Å²) >= 11 is 1.79. The van der Waals surface area contributed by atoms with E-state index in [0.717, 1.165) is 18.7 Å². The summed E-state index contributed by atoms with van der Waals surface area (Å²) in [5.41, 5.74) is 6.84. The van der Waals surface area contributed by atoms with Gasteiger partial charge in [0.25, 0.3) is 0 Å². The van der Waals surface area contributed by atoms with Crippen LogP contribution in [0.2, 0.25) is 0 Å². The number of anilines is 1. The molecule has 0 saturated heterocycles. The molecule has 3 nitrogen and oxygen atoms in total. The molecule has 100 valence electrons. The number of thiophene rings is 1. The molecule has 0 bridgehead atoms. The van der Waals surface area contributed by atoms with E-state index in [9.17, 15) is 0 Å². The third-order valence-corrected chi connectivity index (χ3v) is 3.65. The summed E-state index contributed by atoms with van der Waals surface area (Å²) in [5, 5.41) is 5.19. The van der Waals surface area contributed by atoms with Gasteiger partial charge in [-0.2, -0.15) is 0 Å². The zero-order valence-electron chi connectivity index (χ0n) is 11.0. The number of aliphatic imine (C=N–C) groups is 1. The molecule has 3 N–H and O–H groups in total. The van der Waals surface area contributed by atoms with E-state index < -0.39 is 0 Å². The summed E-state index contributed by atoms with van der Waals surface area (Å²) < 4.78 is 0. The maximum atomic E-state index is 5.87. The zero-order chi connectivity index (χ0) is 13.5. The third kappa shape index (κ3) is 4.75. The molecule has 0 fully saturated rings. The van der Waals surface area contributed by atoms with Gasteiger partial charge in [0.05, 0.1) is 0 Å². The Balaban J connectivity index is 1.81. The first kappa shape index (κ1) is 13.6. The van der Waals surface area contributed by atoms with Crippen molar-refractivity contribution in [2.75, 3.05) is 11.9 Å². The second-order valence-electron chi connectivity index (χ2n) is 4.61. The average Bonchev–Trinajstić information content (AvgIpc) is 2.90. The van der Waals surface area contributed by atoms with Gasteiger partial charge >= 0.3 is 0 Å². The first-order valence-electron chi connectivity index (χ1n) is 6.38. The number of guanidine groups is 1. The first-order valence-corrected chi connectivity index (χ1v) is 7.26. The molecule has 0 saturated carbocycles. The van der Waals surface area contributed by atoms with Gasteiger partial charge in [-0.15, -0.1) is 11.3 Å². The minimum atomic E-state index is 0.476. The van der Waals surface area contributed by atoms with E-state index in [4.69, 9.17) is 5.73 Å². The van der Waals surface area contributed by atoms with Gasteiger partial charge in [-0.05, 0) is 35.9 Å². The van der Waals surface area contributed by atoms with E-state index in [-0.39, 0.29) is 0 Å². The molecule has 19 heavy (non-hydrogen) atoms. The summed E-state index contributed by atoms with van der Waals surface area (Å²) in [7, 11) is 0. The van der Waals surface area contributed by atoms with Crippen LogP contribution >= 0.6 is 11.3 Å². The van der Waals surface area contributed by atoms with Gasteiger partial charge < -0.3 is 11.1 Å². The molecule has 1 aromatic heterocycles. The lowest BCUT2D eigenvalue weighted by Gasteiger charge is -2.09. The van der Waals surface area contributed by atoms with Crippen LogP contribution in [0.4, 0.5) is 5.69 Å². The fraction of sp³-hybridized carbons (Fsp3) is 0.267. The number of hydrogen-bond acceptors (Lipinski definition) is 2. The Labute approximate surface area is 118 Å². The van der Waals surface area contributed by atoms with E-state index in [1.807, 2.05) is 30.3 Å². The van der Waals surface area contributed by atoms with Crippen molar-refractivity contribution in [2.24, 2.45) is 16.6 Å².